The maximum Gasteiger partial charge on any atom is 0.319 e. The number of urea groups is 1. The number of nitrogens with one attached hydrogen (secondary N) is 3. The second-order valence-electron chi connectivity index (χ2n) is 6.65. The second kappa shape index (κ2) is 7.81. The van der Waals surface area contributed by atoms with E-state index in [0.717, 1.165) is 0 Å². The molecule has 2 aromatic heterocycles. The van der Waals surface area contributed by atoms with E-state index in [1.165, 1.54) is 22.2 Å². The average Bonchev–Trinajstić information content (AvgIpc) is 2.96. The predicted octanol–water partition coefficient (Wildman–Crippen LogP) is 3.09. The first-order valence-corrected chi connectivity index (χ1v) is 9.52. The predicted molar refractivity (Wildman–Crippen MR) is 111 cm³/mol. The molecule has 0 aliphatic carbocycles. The van der Waals surface area contributed by atoms with Crippen molar-refractivity contribution in [1.82, 2.24) is 14.9 Å². The maximum absolute atomic E-state index is 12.9. The van der Waals surface area contributed by atoms with Gasteiger partial charge in [-0.15, -0.1) is 11.3 Å². The first kappa shape index (κ1) is 19.6. The molecule has 0 aliphatic heterocycles. The zero-order valence-corrected chi connectivity index (χ0v) is 16.8. The highest BCUT2D eigenvalue weighted by atomic mass is 32.1. The van der Waals surface area contributed by atoms with E-state index in [1.807, 2.05) is 13.8 Å². The Balaban J connectivity index is 1.89. The van der Waals surface area contributed by atoms with Gasteiger partial charge in [-0.1, -0.05) is 12.1 Å². The molecule has 0 bridgehead atoms. The largest absolute Gasteiger partial charge is 0.336 e. The van der Waals surface area contributed by atoms with Crippen LogP contribution in [0, 0.1) is 6.92 Å². The summed E-state index contributed by atoms with van der Waals surface area (Å²) in [5.41, 5.74) is 1.34. The zero-order valence-electron chi connectivity index (χ0n) is 16.0. The summed E-state index contributed by atoms with van der Waals surface area (Å²) < 4.78 is 1.39. The van der Waals surface area contributed by atoms with E-state index in [-0.39, 0.29) is 23.5 Å². The van der Waals surface area contributed by atoms with E-state index in [1.54, 1.807) is 38.2 Å². The van der Waals surface area contributed by atoms with Gasteiger partial charge in [-0.25, -0.2) is 9.78 Å². The van der Waals surface area contributed by atoms with Gasteiger partial charge in [-0.3, -0.25) is 9.59 Å². The number of carbonyl (C=O) groups is 2. The Hall–Kier alpha value is -3.20. The third kappa shape index (κ3) is 3.89. The Bertz CT molecular complexity index is 1120. The van der Waals surface area contributed by atoms with Crippen LogP contribution < -0.4 is 21.5 Å². The van der Waals surface area contributed by atoms with Crippen LogP contribution in [-0.4, -0.2) is 27.5 Å². The second-order valence-corrected chi connectivity index (χ2v) is 7.65. The van der Waals surface area contributed by atoms with Crippen LogP contribution in [0.1, 0.15) is 29.1 Å². The zero-order chi connectivity index (χ0) is 20.4. The third-order valence-electron chi connectivity index (χ3n) is 4.06. The molecule has 3 rings (SSSR count). The molecule has 3 aromatic rings. The summed E-state index contributed by atoms with van der Waals surface area (Å²) >= 11 is 1.17. The molecule has 0 fully saturated rings. The number of hydrogen-bond acceptors (Lipinski definition) is 5. The van der Waals surface area contributed by atoms with Gasteiger partial charge in [0, 0.05) is 13.1 Å². The molecule has 9 heteroatoms. The van der Waals surface area contributed by atoms with E-state index in [9.17, 15) is 14.4 Å². The van der Waals surface area contributed by atoms with E-state index in [0.29, 0.717) is 32.0 Å². The quantitative estimate of drug-likeness (QED) is 0.627. The number of amides is 3. The number of aromatic nitrogens is 2. The van der Waals surface area contributed by atoms with Crippen molar-refractivity contribution < 1.29 is 9.59 Å². The van der Waals surface area contributed by atoms with Crippen LogP contribution in [0.4, 0.5) is 16.2 Å². The normalized spacial score (nSPS) is 10.9. The molecule has 0 unspecified atom stereocenters. The van der Waals surface area contributed by atoms with Crippen molar-refractivity contribution in [1.29, 1.82) is 0 Å². The van der Waals surface area contributed by atoms with Crippen LogP contribution in [0.15, 0.2) is 35.4 Å². The molecular weight excluding hydrogens is 378 g/mol. The van der Waals surface area contributed by atoms with Gasteiger partial charge in [0.2, 0.25) is 0 Å². The van der Waals surface area contributed by atoms with Gasteiger partial charge in [0.25, 0.3) is 11.5 Å². The summed E-state index contributed by atoms with van der Waals surface area (Å²) in [6.45, 7) is 5.45. The molecule has 28 heavy (non-hydrogen) atoms. The van der Waals surface area contributed by atoms with Crippen molar-refractivity contribution in [2.75, 3.05) is 10.6 Å². The average molecular weight is 399 g/mol. The minimum absolute atomic E-state index is 0.0157. The molecular formula is C19H21N5O3S. The fraction of sp³-hybridized carbons (Fsp3) is 0.263. The lowest BCUT2D eigenvalue weighted by molar-refractivity contribution is 0.103. The smallest absolute Gasteiger partial charge is 0.319 e. The van der Waals surface area contributed by atoms with Crippen LogP contribution in [-0.2, 0) is 7.05 Å². The van der Waals surface area contributed by atoms with Crippen molar-refractivity contribution in [3.05, 3.63) is 51.4 Å². The fourth-order valence-electron chi connectivity index (χ4n) is 2.73. The highest BCUT2D eigenvalue weighted by Gasteiger charge is 2.20. The first-order chi connectivity index (χ1) is 13.3. The Morgan fingerprint density at radius 3 is 2.43 bits per heavy atom. The summed E-state index contributed by atoms with van der Waals surface area (Å²) in [4.78, 5) is 42.4. The van der Waals surface area contributed by atoms with Gasteiger partial charge >= 0.3 is 6.03 Å². The van der Waals surface area contributed by atoms with Crippen molar-refractivity contribution >= 4 is 44.9 Å². The Kier molecular flexibility index (Phi) is 5.46. The maximum atomic E-state index is 12.9. The molecule has 3 N–H and O–H groups in total. The number of aryl methyl sites for hydroxylation is 2. The van der Waals surface area contributed by atoms with Crippen LogP contribution in [0.3, 0.4) is 0 Å². The molecule has 1 aromatic carbocycles. The van der Waals surface area contributed by atoms with Crippen LogP contribution in [0.5, 0.6) is 0 Å². The monoisotopic (exact) mass is 399 g/mol. The SMILES string of the molecule is Cc1c(C(=O)Nc2ccccc2NC(=O)NC(C)C)sc2ncn(C)c(=O)c12. The van der Waals surface area contributed by atoms with Gasteiger partial charge < -0.3 is 20.5 Å². The number of carbonyl (C=O) groups excluding carboxylic acids is 2. The summed E-state index contributed by atoms with van der Waals surface area (Å²) in [5, 5.41) is 8.73. The van der Waals surface area contributed by atoms with Crippen molar-refractivity contribution in [3.63, 3.8) is 0 Å². The molecule has 0 saturated heterocycles. The number of rotatable bonds is 4. The molecule has 146 valence electrons. The van der Waals surface area contributed by atoms with Crippen LogP contribution >= 0.6 is 11.3 Å². The third-order valence-corrected chi connectivity index (χ3v) is 5.26. The lowest BCUT2D eigenvalue weighted by atomic mass is 10.2. The van der Waals surface area contributed by atoms with E-state index in [4.69, 9.17) is 0 Å². The lowest BCUT2D eigenvalue weighted by Crippen LogP contribution is -2.34. The molecule has 8 nitrogen and oxygen atoms in total. The van der Waals surface area contributed by atoms with Crippen molar-refractivity contribution in [2.45, 2.75) is 26.8 Å². The highest BCUT2D eigenvalue weighted by Crippen LogP contribution is 2.29. The number of benzene rings is 1. The van der Waals surface area contributed by atoms with Crippen LogP contribution in [0.25, 0.3) is 10.2 Å². The summed E-state index contributed by atoms with van der Waals surface area (Å²) in [6.07, 6.45) is 1.44. The Morgan fingerprint density at radius 2 is 1.79 bits per heavy atom. The van der Waals surface area contributed by atoms with Gasteiger partial charge in [0.05, 0.1) is 28.0 Å². The topological polar surface area (TPSA) is 105 Å². The van der Waals surface area contributed by atoms with Crippen molar-refractivity contribution in [2.24, 2.45) is 7.05 Å². The molecule has 0 atom stereocenters. The minimum atomic E-state index is -0.360. The molecule has 2 heterocycles. The minimum Gasteiger partial charge on any atom is -0.336 e. The molecule has 0 aliphatic rings. The first-order valence-electron chi connectivity index (χ1n) is 8.70. The summed E-state index contributed by atoms with van der Waals surface area (Å²) in [6, 6.07) is 6.54. The van der Waals surface area contributed by atoms with Gasteiger partial charge in [0.1, 0.15) is 4.83 Å². The molecule has 0 spiro atoms. The summed E-state index contributed by atoms with van der Waals surface area (Å²) in [7, 11) is 1.62. The standard InChI is InChI=1S/C19H21N5O3S/c1-10(2)21-19(27)23-13-8-6-5-7-12(13)22-16(25)15-11(3)14-17(28-15)20-9-24(4)18(14)26/h5-10H,1-4H3,(H,22,25)(H2,21,23,27). The number of nitrogens with zero attached hydrogens (tertiary/aromatic N) is 2. The lowest BCUT2D eigenvalue weighted by Gasteiger charge is -2.14. The van der Waals surface area contributed by atoms with Crippen LogP contribution in [0.2, 0.25) is 0 Å². The number of thiophene rings is 1. The molecule has 3 amide bonds. The fourth-order valence-corrected chi connectivity index (χ4v) is 3.76. The van der Waals surface area contributed by atoms with E-state index < -0.39 is 0 Å². The van der Waals surface area contributed by atoms with E-state index in [2.05, 4.69) is 20.9 Å². The number of anilines is 2. The number of hydrogen-bond donors (Lipinski definition) is 3. The number of fused-ring (bicyclic) bond motifs is 1. The van der Waals surface area contributed by atoms with Gasteiger partial charge in [-0.2, -0.15) is 0 Å². The summed E-state index contributed by atoms with van der Waals surface area (Å²) in [5.74, 6) is -0.360. The molecule has 0 saturated carbocycles. The molecule has 0 radical (unpaired) electrons. The highest BCUT2D eigenvalue weighted by molar-refractivity contribution is 7.20. The Labute approximate surface area is 165 Å². The Morgan fingerprint density at radius 1 is 1.14 bits per heavy atom. The van der Waals surface area contributed by atoms with Gasteiger partial charge in [-0.05, 0) is 38.5 Å². The number of para-hydroxylation sites is 2. The van der Waals surface area contributed by atoms with Gasteiger partial charge in [0.15, 0.2) is 0 Å². The van der Waals surface area contributed by atoms with Crippen molar-refractivity contribution in [3.8, 4) is 0 Å². The van der Waals surface area contributed by atoms with E-state index >= 15 is 0 Å².